The van der Waals surface area contributed by atoms with Crippen LogP contribution in [0.3, 0.4) is 0 Å². The minimum Gasteiger partial charge on any atom is -0.347 e. The van der Waals surface area contributed by atoms with E-state index < -0.39 is 10.0 Å². The Morgan fingerprint density at radius 2 is 2.04 bits per heavy atom. The molecule has 9 heteroatoms. The van der Waals surface area contributed by atoms with Gasteiger partial charge in [0.05, 0.1) is 4.88 Å². The molecule has 6 nitrogen and oxygen atoms in total. The third-order valence-electron chi connectivity index (χ3n) is 4.67. The molecule has 0 aliphatic carbocycles. The molecule has 1 fully saturated rings. The number of nitrogens with two attached hydrogens (primary N) is 1. The van der Waals surface area contributed by atoms with E-state index in [1.54, 1.807) is 6.07 Å². The zero-order valence-electron chi connectivity index (χ0n) is 15.4. The monoisotopic (exact) mass is 423 g/mol. The van der Waals surface area contributed by atoms with Gasteiger partial charge in [0.15, 0.2) is 0 Å². The van der Waals surface area contributed by atoms with E-state index >= 15 is 0 Å². The van der Waals surface area contributed by atoms with Crippen LogP contribution in [0.5, 0.6) is 0 Å². The lowest BCUT2D eigenvalue weighted by Gasteiger charge is -2.28. The van der Waals surface area contributed by atoms with Crippen molar-refractivity contribution in [1.29, 1.82) is 0 Å². The van der Waals surface area contributed by atoms with Crippen LogP contribution in [0.4, 0.5) is 0 Å². The first-order chi connectivity index (χ1) is 11.9. The molecule has 1 amide bonds. The number of carbonyl (C=O) groups excluding carboxylic acids is 1. The maximum Gasteiger partial charge on any atom is 0.261 e. The van der Waals surface area contributed by atoms with Crippen molar-refractivity contribution in [2.75, 3.05) is 19.6 Å². The second-order valence-corrected chi connectivity index (χ2v) is 10.0. The summed E-state index contributed by atoms with van der Waals surface area (Å²) in [6.45, 7) is 5.72. The van der Waals surface area contributed by atoms with Crippen molar-refractivity contribution in [2.45, 2.75) is 56.2 Å². The average Bonchev–Trinajstić information content (AvgIpc) is 3.10. The highest BCUT2D eigenvalue weighted by Crippen LogP contribution is 2.28. The normalized spacial score (nSPS) is 17.5. The van der Waals surface area contributed by atoms with Crippen LogP contribution in [0.25, 0.3) is 0 Å². The standard InChI is InChI=1S/C17H29N3O3S2.ClH/c1-3-4-5-14(12-18)19-17(21)15-6-7-16(24-15)25(22,23)20-10-8-13(2)9-11-20;/h6-7,13-14H,3-5,8-12,18H2,1-2H3,(H,19,21);1H. The molecule has 1 unspecified atom stereocenters. The summed E-state index contributed by atoms with van der Waals surface area (Å²) in [5.74, 6) is 0.317. The summed E-state index contributed by atoms with van der Waals surface area (Å²) in [5, 5.41) is 2.91. The highest BCUT2D eigenvalue weighted by Gasteiger charge is 2.30. The zero-order chi connectivity index (χ0) is 18.4. The number of amides is 1. The molecule has 0 aromatic carbocycles. The quantitative estimate of drug-likeness (QED) is 0.672. The van der Waals surface area contributed by atoms with E-state index in [4.69, 9.17) is 5.73 Å². The molecule has 1 aliphatic rings. The Labute approximate surface area is 167 Å². The molecule has 150 valence electrons. The van der Waals surface area contributed by atoms with Gasteiger partial charge in [-0.25, -0.2) is 8.42 Å². The molecule has 1 aromatic rings. The number of hydrogen-bond donors (Lipinski definition) is 2. The van der Waals surface area contributed by atoms with Crippen molar-refractivity contribution < 1.29 is 13.2 Å². The van der Waals surface area contributed by atoms with Crippen molar-refractivity contribution >= 4 is 39.7 Å². The minimum atomic E-state index is -3.50. The molecule has 0 spiro atoms. The summed E-state index contributed by atoms with van der Waals surface area (Å²) in [4.78, 5) is 12.8. The van der Waals surface area contributed by atoms with E-state index in [0.29, 0.717) is 30.4 Å². The number of halogens is 1. The number of piperidine rings is 1. The van der Waals surface area contributed by atoms with Gasteiger partial charge in [-0.2, -0.15) is 4.31 Å². The van der Waals surface area contributed by atoms with E-state index in [-0.39, 0.29) is 28.6 Å². The van der Waals surface area contributed by atoms with Crippen molar-refractivity contribution in [3.05, 3.63) is 17.0 Å². The molecule has 3 N–H and O–H groups in total. The Kier molecular flexibility index (Phi) is 9.54. The van der Waals surface area contributed by atoms with Gasteiger partial charge in [0, 0.05) is 25.7 Å². The number of nitrogens with one attached hydrogen (secondary N) is 1. The van der Waals surface area contributed by atoms with Gasteiger partial charge in [0.1, 0.15) is 4.21 Å². The fraction of sp³-hybridized carbons (Fsp3) is 0.706. The van der Waals surface area contributed by atoms with Gasteiger partial charge in [-0.1, -0.05) is 26.7 Å². The minimum absolute atomic E-state index is 0. The lowest BCUT2D eigenvalue weighted by atomic mass is 10.0. The predicted octanol–water partition coefficient (Wildman–Crippen LogP) is 2.84. The number of hydrogen-bond acceptors (Lipinski definition) is 5. The van der Waals surface area contributed by atoms with E-state index in [1.807, 2.05) is 0 Å². The maximum atomic E-state index is 12.7. The number of unbranched alkanes of at least 4 members (excludes halogenated alkanes) is 1. The number of rotatable bonds is 8. The number of thiophene rings is 1. The molecule has 0 bridgehead atoms. The highest BCUT2D eigenvalue weighted by molar-refractivity contribution is 7.91. The molecule has 1 saturated heterocycles. The van der Waals surface area contributed by atoms with Gasteiger partial charge in [0.2, 0.25) is 0 Å². The summed E-state index contributed by atoms with van der Waals surface area (Å²) in [6.07, 6.45) is 4.64. The average molecular weight is 424 g/mol. The van der Waals surface area contributed by atoms with E-state index in [1.165, 1.54) is 10.4 Å². The second-order valence-electron chi connectivity index (χ2n) is 6.75. The number of nitrogens with zero attached hydrogens (tertiary/aromatic N) is 1. The van der Waals surface area contributed by atoms with Gasteiger partial charge >= 0.3 is 0 Å². The van der Waals surface area contributed by atoms with Crippen LogP contribution >= 0.6 is 23.7 Å². The summed E-state index contributed by atoms with van der Waals surface area (Å²) in [6, 6.07) is 3.06. The molecule has 2 rings (SSSR count). The van der Waals surface area contributed by atoms with Crippen LogP contribution in [0.1, 0.15) is 55.6 Å². The van der Waals surface area contributed by atoms with Gasteiger partial charge in [0.25, 0.3) is 15.9 Å². The molecule has 1 aromatic heterocycles. The fourth-order valence-electron chi connectivity index (χ4n) is 2.89. The molecule has 2 heterocycles. The van der Waals surface area contributed by atoms with Crippen LogP contribution in [-0.2, 0) is 10.0 Å². The van der Waals surface area contributed by atoms with Gasteiger partial charge in [-0.3, -0.25) is 4.79 Å². The van der Waals surface area contributed by atoms with E-state index in [0.717, 1.165) is 43.4 Å². The SMILES string of the molecule is CCCCC(CN)NC(=O)c1ccc(S(=O)(=O)N2CCC(C)CC2)s1.Cl. The lowest BCUT2D eigenvalue weighted by Crippen LogP contribution is -2.39. The Morgan fingerprint density at radius 1 is 1.38 bits per heavy atom. The summed E-state index contributed by atoms with van der Waals surface area (Å²) in [7, 11) is -3.50. The van der Waals surface area contributed by atoms with Gasteiger partial charge in [-0.05, 0) is 37.3 Å². The van der Waals surface area contributed by atoms with Crippen molar-refractivity contribution in [2.24, 2.45) is 11.7 Å². The molecule has 26 heavy (non-hydrogen) atoms. The maximum absolute atomic E-state index is 12.7. The molecule has 1 atom stereocenters. The topological polar surface area (TPSA) is 92.5 Å². The third-order valence-corrected chi connectivity index (χ3v) is 8.12. The molecule has 1 aliphatic heterocycles. The smallest absolute Gasteiger partial charge is 0.261 e. The Hall–Kier alpha value is -0.670. The Bertz CT molecular complexity index is 671. The van der Waals surface area contributed by atoms with E-state index in [9.17, 15) is 13.2 Å². The third kappa shape index (κ3) is 5.92. The summed E-state index contributed by atoms with van der Waals surface area (Å²) < 4.78 is 27.2. The summed E-state index contributed by atoms with van der Waals surface area (Å²) >= 11 is 1.04. The lowest BCUT2D eigenvalue weighted by molar-refractivity contribution is 0.0940. The van der Waals surface area contributed by atoms with Crippen LogP contribution in [0, 0.1) is 5.92 Å². The van der Waals surface area contributed by atoms with Crippen LogP contribution < -0.4 is 11.1 Å². The first-order valence-corrected chi connectivity index (χ1v) is 11.2. The number of carbonyl (C=O) groups is 1. The summed E-state index contributed by atoms with van der Waals surface area (Å²) in [5.41, 5.74) is 5.71. The Balaban J connectivity index is 0.00000338. The van der Waals surface area contributed by atoms with Crippen molar-refractivity contribution in [1.82, 2.24) is 9.62 Å². The van der Waals surface area contributed by atoms with Gasteiger partial charge in [-0.15, -0.1) is 23.7 Å². The molecule has 0 saturated carbocycles. The Morgan fingerprint density at radius 3 is 2.62 bits per heavy atom. The predicted molar refractivity (Wildman–Crippen MR) is 109 cm³/mol. The van der Waals surface area contributed by atoms with Crippen molar-refractivity contribution in [3.8, 4) is 0 Å². The van der Waals surface area contributed by atoms with Gasteiger partial charge < -0.3 is 11.1 Å². The van der Waals surface area contributed by atoms with Crippen LogP contribution in [-0.4, -0.2) is 44.3 Å². The molecule has 0 radical (unpaired) electrons. The molecular formula is C17H30ClN3O3S2. The van der Waals surface area contributed by atoms with Crippen LogP contribution in [0.15, 0.2) is 16.3 Å². The van der Waals surface area contributed by atoms with E-state index in [2.05, 4.69) is 19.2 Å². The second kappa shape index (κ2) is 10.6. The molecular weight excluding hydrogens is 394 g/mol. The largest absolute Gasteiger partial charge is 0.347 e. The van der Waals surface area contributed by atoms with Crippen molar-refractivity contribution in [3.63, 3.8) is 0 Å². The highest BCUT2D eigenvalue weighted by atomic mass is 35.5. The first-order valence-electron chi connectivity index (χ1n) is 8.99. The zero-order valence-corrected chi connectivity index (χ0v) is 17.9. The number of sulfonamides is 1. The van der Waals surface area contributed by atoms with Crippen LogP contribution in [0.2, 0.25) is 0 Å². The fourth-order valence-corrected chi connectivity index (χ4v) is 5.72. The first kappa shape index (κ1) is 23.4.